The number of aromatic hydroxyl groups is 1. The van der Waals surface area contributed by atoms with Crippen molar-refractivity contribution < 1.29 is 30.3 Å². The quantitative estimate of drug-likeness (QED) is 0.154. The Kier molecular flexibility index (Phi) is 10.6. The summed E-state index contributed by atoms with van der Waals surface area (Å²) in [6.07, 6.45) is 1.85. The van der Waals surface area contributed by atoms with Crippen molar-refractivity contribution in [3.63, 3.8) is 0 Å². The molecule has 314 valence electrons. The van der Waals surface area contributed by atoms with Crippen molar-refractivity contribution >= 4 is 11.0 Å². The van der Waals surface area contributed by atoms with E-state index in [2.05, 4.69) is 136 Å². The maximum absolute atomic E-state index is 11.4. The third-order valence-electron chi connectivity index (χ3n) is 11.8. The van der Waals surface area contributed by atoms with Gasteiger partial charge in [-0.15, -0.1) is 23.8 Å². The van der Waals surface area contributed by atoms with E-state index in [1.807, 2.05) is 71.4 Å². The summed E-state index contributed by atoms with van der Waals surface area (Å²) in [5, 5.41) is 11.4. The van der Waals surface area contributed by atoms with Gasteiger partial charge >= 0.3 is 0 Å². The number of nitrogens with zero attached hydrogens (tertiary/aromatic N) is 3. The molecule has 0 radical (unpaired) electrons. The summed E-state index contributed by atoms with van der Waals surface area (Å²) >= 11 is 0. The summed E-state index contributed by atoms with van der Waals surface area (Å²) in [5.41, 5.74) is 15.4. The van der Waals surface area contributed by atoms with Crippen LogP contribution >= 0.6 is 0 Å². The summed E-state index contributed by atoms with van der Waals surface area (Å²) in [6.45, 7) is 4.19. The Hall–Kier alpha value is -7.13. The van der Waals surface area contributed by atoms with Gasteiger partial charge in [0.25, 0.3) is 0 Å². The van der Waals surface area contributed by atoms with E-state index in [1.54, 1.807) is 24.3 Å². The van der Waals surface area contributed by atoms with E-state index in [0.717, 1.165) is 72.5 Å². The number of para-hydroxylation sites is 2. The maximum Gasteiger partial charge on any atom is 0.148 e. The molecule has 0 aliphatic rings. The van der Waals surface area contributed by atoms with Crippen LogP contribution in [0.15, 0.2) is 200 Å². The molecule has 0 saturated heterocycles. The molecule has 2 aromatic heterocycles. The number of pyridine rings is 1. The minimum absolute atomic E-state index is 0. The molecule has 0 saturated carbocycles. The van der Waals surface area contributed by atoms with Gasteiger partial charge < -0.3 is 5.11 Å². The van der Waals surface area contributed by atoms with Crippen LogP contribution in [0.25, 0.3) is 95.0 Å². The molecule has 0 amide bonds. The van der Waals surface area contributed by atoms with Gasteiger partial charge in [0, 0.05) is 42.6 Å². The predicted octanol–water partition coefficient (Wildman–Crippen LogP) is 15.2. The van der Waals surface area contributed by atoms with Crippen molar-refractivity contribution in [3.8, 4) is 89.7 Å². The van der Waals surface area contributed by atoms with Crippen LogP contribution in [-0.4, -0.2) is 19.6 Å². The van der Waals surface area contributed by atoms with E-state index in [-0.39, 0.29) is 37.8 Å². The van der Waals surface area contributed by atoms with E-state index in [0.29, 0.717) is 16.9 Å². The summed E-state index contributed by atoms with van der Waals surface area (Å²) in [7, 11) is 0. The summed E-state index contributed by atoms with van der Waals surface area (Å²) in [5.74, 6) is 0.586. The van der Waals surface area contributed by atoms with Crippen molar-refractivity contribution in [1.82, 2.24) is 14.5 Å². The fourth-order valence-electron chi connectivity index (χ4n) is 8.41. The Morgan fingerprint density at radius 3 is 1.83 bits per heavy atom. The van der Waals surface area contributed by atoms with Crippen molar-refractivity contribution in [2.45, 2.75) is 33.0 Å². The van der Waals surface area contributed by atoms with E-state index in [4.69, 9.17) is 14.1 Å². The van der Waals surface area contributed by atoms with Gasteiger partial charge in [-0.05, 0) is 87.6 Å². The SMILES string of the molecule is [2H]C([2H])([2H])c1ccc(-n2c(-c3ccccc3O)nc3c(-c4[c-]c(-c5cc(-c6ccc(-c7ccccc7)cc6)ccn5)cc(-c5ccccc5)c4)cccc32)c(-c2ccc(C(C)(C)C)cc2)c1.[Pt]. The second kappa shape index (κ2) is 17.6. The second-order valence-corrected chi connectivity index (χ2v) is 17.0. The molecule has 0 fully saturated rings. The van der Waals surface area contributed by atoms with Gasteiger partial charge in [0.1, 0.15) is 11.6 Å². The largest absolute Gasteiger partial charge is 0.507 e. The first-order valence-corrected chi connectivity index (χ1v) is 21.2. The monoisotopic (exact) mass is 1010 g/mol. The Balaban J connectivity index is 0.00000562. The minimum atomic E-state index is -2.33. The number of fused-ring (bicyclic) bond motifs is 1. The van der Waals surface area contributed by atoms with E-state index in [9.17, 15) is 5.11 Å². The molecular formula is C59H46N3OPt-. The van der Waals surface area contributed by atoms with E-state index < -0.39 is 6.85 Å². The van der Waals surface area contributed by atoms with Crippen LogP contribution in [0.3, 0.4) is 0 Å². The number of rotatable bonds is 8. The average Bonchev–Trinajstić information content (AvgIpc) is 3.73. The molecule has 2 heterocycles. The van der Waals surface area contributed by atoms with E-state index in [1.165, 1.54) is 11.1 Å². The van der Waals surface area contributed by atoms with Crippen molar-refractivity contribution in [2.75, 3.05) is 0 Å². The van der Waals surface area contributed by atoms with Gasteiger partial charge in [0.15, 0.2) is 0 Å². The van der Waals surface area contributed by atoms with Gasteiger partial charge in [-0.1, -0.05) is 189 Å². The normalized spacial score (nSPS) is 12.3. The molecule has 8 aromatic carbocycles. The first-order valence-electron chi connectivity index (χ1n) is 22.7. The molecular weight excluding hydrogens is 962 g/mol. The van der Waals surface area contributed by atoms with Crippen LogP contribution in [0.5, 0.6) is 5.75 Å². The zero-order chi connectivity index (χ0) is 45.6. The third kappa shape index (κ3) is 8.26. The molecule has 0 spiro atoms. The molecule has 0 unspecified atom stereocenters. The van der Waals surface area contributed by atoms with Gasteiger partial charge in [0.05, 0.1) is 22.3 Å². The molecule has 0 aliphatic carbocycles. The summed E-state index contributed by atoms with van der Waals surface area (Å²) < 4.78 is 27.2. The molecule has 0 aliphatic heterocycles. The molecule has 5 heteroatoms. The molecule has 4 nitrogen and oxygen atoms in total. The molecule has 0 bridgehead atoms. The third-order valence-corrected chi connectivity index (χ3v) is 11.8. The topological polar surface area (TPSA) is 50.9 Å². The number of aromatic nitrogens is 3. The number of imidazole rings is 1. The van der Waals surface area contributed by atoms with Gasteiger partial charge in [-0.25, -0.2) is 4.98 Å². The number of phenolic OH excluding ortho intramolecular Hbond substituents is 1. The Bertz CT molecular complexity index is 3380. The molecule has 1 N–H and O–H groups in total. The number of hydrogen-bond donors (Lipinski definition) is 1. The average molecular weight is 1010 g/mol. The predicted molar refractivity (Wildman–Crippen MR) is 261 cm³/mol. The van der Waals surface area contributed by atoms with Gasteiger partial charge in [0.2, 0.25) is 0 Å². The fraction of sp³-hybridized carbons (Fsp3) is 0.0847. The minimum Gasteiger partial charge on any atom is -0.507 e. The van der Waals surface area contributed by atoms with Crippen LogP contribution in [0.4, 0.5) is 0 Å². The van der Waals surface area contributed by atoms with Crippen molar-refractivity contribution in [1.29, 1.82) is 0 Å². The zero-order valence-corrected chi connectivity index (χ0v) is 37.9. The van der Waals surface area contributed by atoms with Crippen molar-refractivity contribution in [3.05, 3.63) is 218 Å². The molecule has 64 heavy (non-hydrogen) atoms. The fourth-order valence-corrected chi connectivity index (χ4v) is 8.41. The standard InChI is InChI=1S/C59H46N3O.Pt/c1-39-22-31-54(52(34-39)44-27-29-49(30-28-44)59(2,3)4)62-55-20-13-19-50(57(55)61-58(62)51-18-11-12-21-56(51)63)47-35-46(41-16-9-6-10-17-41)36-48(37-47)53-38-45(32-33-60-53)43-25-23-42(24-26-43)40-14-7-5-8-15-40;/h5-36,38,63H,1-4H3;/q-1;/i1D3;. The number of aryl methyl sites for hydroxylation is 1. The molecule has 10 aromatic rings. The zero-order valence-electron chi connectivity index (χ0n) is 38.7. The second-order valence-electron chi connectivity index (χ2n) is 17.0. The molecule has 10 rings (SSSR count). The van der Waals surface area contributed by atoms with Crippen LogP contribution in [-0.2, 0) is 26.5 Å². The van der Waals surface area contributed by atoms with Crippen molar-refractivity contribution in [2.24, 2.45) is 0 Å². The number of hydrogen-bond acceptors (Lipinski definition) is 3. The molecule has 0 atom stereocenters. The van der Waals surface area contributed by atoms with Crippen LogP contribution in [0.2, 0.25) is 0 Å². The first kappa shape index (κ1) is 38.5. The Labute approximate surface area is 394 Å². The Morgan fingerprint density at radius 1 is 0.531 bits per heavy atom. The summed E-state index contributed by atoms with van der Waals surface area (Å²) in [4.78, 5) is 10.3. The smallest absolute Gasteiger partial charge is 0.148 e. The Morgan fingerprint density at radius 2 is 1.14 bits per heavy atom. The van der Waals surface area contributed by atoms with Crippen LogP contribution < -0.4 is 0 Å². The number of phenols is 1. The number of benzene rings is 8. The van der Waals surface area contributed by atoms with Crippen LogP contribution in [0, 0.1) is 12.9 Å². The van der Waals surface area contributed by atoms with E-state index >= 15 is 0 Å². The first-order chi connectivity index (χ1) is 31.9. The van der Waals surface area contributed by atoms with Gasteiger partial charge in [-0.2, -0.15) is 0 Å². The van der Waals surface area contributed by atoms with Gasteiger partial charge in [-0.3, -0.25) is 9.55 Å². The van der Waals surface area contributed by atoms with Crippen LogP contribution in [0.1, 0.15) is 36.0 Å². The summed E-state index contributed by atoms with van der Waals surface area (Å²) in [6, 6.07) is 68.4. The maximum atomic E-state index is 11.4.